The van der Waals surface area contributed by atoms with Crippen molar-refractivity contribution in [1.29, 1.82) is 0 Å². The zero-order valence-corrected chi connectivity index (χ0v) is 20.7. The van der Waals surface area contributed by atoms with Gasteiger partial charge in [-0.15, -0.1) is 24.0 Å². The Labute approximate surface area is 192 Å². The molecule has 0 saturated heterocycles. The van der Waals surface area contributed by atoms with E-state index in [1.165, 1.54) is 5.56 Å². The molecule has 0 aliphatic carbocycles. The lowest BCUT2D eigenvalue weighted by atomic mass is 10.1. The van der Waals surface area contributed by atoms with E-state index in [2.05, 4.69) is 43.3 Å². The van der Waals surface area contributed by atoms with E-state index in [4.69, 9.17) is 14.2 Å². The number of nitrogens with one attached hydrogen (secondary N) is 1. The maximum Gasteiger partial charge on any atom is 0.203 e. The largest absolute Gasteiger partial charge is 0.493 e. The summed E-state index contributed by atoms with van der Waals surface area (Å²) in [4.78, 5) is 6.44. The smallest absolute Gasteiger partial charge is 0.203 e. The first-order valence-electron chi connectivity index (χ1n) is 8.48. The molecule has 0 atom stereocenters. The average molecular weight is 564 g/mol. The van der Waals surface area contributed by atoms with E-state index < -0.39 is 0 Å². The Hall–Kier alpha value is -1.68. The van der Waals surface area contributed by atoms with Crippen molar-refractivity contribution >= 4 is 45.9 Å². The van der Waals surface area contributed by atoms with E-state index >= 15 is 0 Å². The molecule has 0 radical (unpaired) electrons. The fraction of sp³-hybridized carbons (Fsp3) is 0.350. The monoisotopic (exact) mass is 563 g/mol. The molecular formula is C20H27BrIN3O3. The molecule has 0 aromatic heterocycles. The maximum atomic E-state index is 5.54. The average Bonchev–Trinajstić information content (AvgIpc) is 2.69. The van der Waals surface area contributed by atoms with Crippen LogP contribution < -0.4 is 19.5 Å². The molecule has 6 nitrogen and oxygen atoms in total. The highest BCUT2D eigenvalue weighted by atomic mass is 127. The molecule has 0 aliphatic rings. The van der Waals surface area contributed by atoms with Gasteiger partial charge in [-0.3, -0.25) is 4.99 Å². The van der Waals surface area contributed by atoms with Crippen LogP contribution in [0.2, 0.25) is 0 Å². The van der Waals surface area contributed by atoms with E-state index in [0.717, 1.165) is 22.5 Å². The fourth-order valence-corrected chi connectivity index (χ4v) is 3.06. The van der Waals surface area contributed by atoms with Crippen molar-refractivity contribution < 1.29 is 14.2 Å². The van der Waals surface area contributed by atoms with E-state index in [-0.39, 0.29) is 24.0 Å². The number of nitrogens with zero attached hydrogens (tertiary/aromatic N) is 2. The Morgan fingerprint density at radius 1 is 1.00 bits per heavy atom. The van der Waals surface area contributed by atoms with Gasteiger partial charge in [-0.2, -0.15) is 0 Å². The predicted octanol–water partition coefficient (Wildman–Crippen LogP) is 4.30. The lowest BCUT2D eigenvalue weighted by molar-refractivity contribution is 0.322. The minimum Gasteiger partial charge on any atom is -0.493 e. The van der Waals surface area contributed by atoms with Gasteiger partial charge in [0.25, 0.3) is 0 Å². The molecule has 0 amide bonds. The third-order valence-corrected chi connectivity index (χ3v) is 4.66. The van der Waals surface area contributed by atoms with Crippen LogP contribution in [-0.2, 0) is 13.1 Å². The lowest BCUT2D eigenvalue weighted by Crippen LogP contribution is -2.38. The summed E-state index contributed by atoms with van der Waals surface area (Å²) in [6.45, 7) is 1.29. The first kappa shape index (κ1) is 24.4. The molecule has 2 aromatic rings. The second-order valence-corrected chi connectivity index (χ2v) is 6.79. The highest BCUT2D eigenvalue weighted by Gasteiger charge is 2.16. The van der Waals surface area contributed by atoms with Crippen LogP contribution in [0.5, 0.6) is 17.2 Å². The zero-order chi connectivity index (χ0) is 19.8. The van der Waals surface area contributed by atoms with Gasteiger partial charge in [0.05, 0.1) is 21.3 Å². The van der Waals surface area contributed by atoms with Crippen molar-refractivity contribution in [3.8, 4) is 17.2 Å². The number of methoxy groups -OCH3 is 3. The van der Waals surface area contributed by atoms with Crippen LogP contribution in [0.3, 0.4) is 0 Å². The molecule has 2 rings (SSSR count). The Balaban J connectivity index is 0.00000392. The first-order valence-corrected chi connectivity index (χ1v) is 9.27. The second-order valence-electron chi connectivity index (χ2n) is 5.88. The van der Waals surface area contributed by atoms with E-state index in [1.807, 2.05) is 31.3 Å². The van der Waals surface area contributed by atoms with Gasteiger partial charge in [0.15, 0.2) is 17.5 Å². The number of aliphatic imine (C=N–C) groups is 1. The third kappa shape index (κ3) is 6.16. The van der Waals surface area contributed by atoms with E-state index in [0.29, 0.717) is 23.8 Å². The molecule has 0 spiro atoms. The van der Waals surface area contributed by atoms with Crippen molar-refractivity contribution in [3.63, 3.8) is 0 Å². The van der Waals surface area contributed by atoms with Crippen LogP contribution in [0.15, 0.2) is 45.9 Å². The summed E-state index contributed by atoms with van der Waals surface area (Å²) >= 11 is 3.46. The SMILES string of the molecule is CN=C(NCc1ccc(OC)c(OC)c1OC)N(C)Cc1ccc(Br)cc1.I. The first-order chi connectivity index (χ1) is 13.0. The minimum atomic E-state index is 0. The predicted molar refractivity (Wildman–Crippen MR) is 127 cm³/mol. The number of rotatable bonds is 7. The molecule has 154 valence electrons. The molecule has 8 heteroatoms. The summed E-state index contributed by atoms with van der Waals surface area (Å²) in [5, 5.41) is 3.37. The Bertz CT molecular complexity index is 785. The van der Waals surface area contributed by atoms with Crippen LogP contribution in [0, 0.1) is 0 Å². The Morgan fingerprint density at radius 3 is 2.18 bits per heavy atom. The van der Waals surface area contributed by atoms with Gasteiger partial charge in [0, 0.05) is 37.2 Å². The molecule has 2 aromatic carbocycles. The molecule has 0 bridgehead atoms. The Kier molecular flexibility index (Phi) is 10.4. The number of ether oxygens (including phenoxy) is 3. The molecule has 1 N–H and O–H groups in total. The summed E-state index contributed by atoms with van der Waals surface area (Å²) < 4.78 is 17.4. The summed E-state index contributed by atoms with van der Waals surface area (Å²) in [6.07, 6.45) is 0. The molecule has 0 unspecified atom stereocenters. The van der Waals surface area contributed by atoms with Crippen LogP contribution in [0.1, 0.15) is 11.1 Å². The van der Waals surface area contributed by atoms with Crippen molar-refractivity contribution in [2.75, 3.05) is 35.4 Å². The van der Waals surface area contributed by atoms with E-state index in [9.17, 15) is 0 Å². The number of guanidine groups is 1. The van der Waals surface area contributed by atoms with Crippen LogP contribution >= 0.6 is 39.9 Å². The summed E-state index contributed by atoms with van der Waals surface area (Å²) in [7, 11) is 8.60. The quantitative estimate of drug-likeness (QED) is 0.309. The third-order valence-electron chi connectivity index (χ3n) is 4.13. The molecule has 28 heavy (non-hydrogen) atoms. The van der Waals surface area contributed by atoms with Gasteiger partial charge in [0.1, 0.15) is 0 Å². The highest BCUT2D eigenvalue weighted by Crippen LogP contribution is 2.39. The molecule has 0 heterocycles. The van der Waals surface area contributed by atoms with Crippen molar-refractivity contribution in [2.24, 2.45) is 4.99 Å². The number of benzene rings is 2. The van der Waals surface area contributed by atoms with Crippen LogP contribution in [0.4, 0.5) is 0 Å². The molecular weight excluding hydrogens is 537 g/mol. The van der Waals surface area contributed by atoms with Crippen LogP contribution in [0.25, 0.3) is 0 Å². The summed E-state index contributed by atoms with van der Waals surface area (Å²) in [5.41, 5.74) is 2.15. The summed E-state index contributed by atoms with van der Waals surface area (Å²) in [5.74, 6) is 2.65. The second kappa shape index (κ2) is 12.0. The van der Waals surface area contributed by atoms with Gasteiger partial charge in [-0.05, 0) is 29.8 Å². The molecule has 0 aliphatic heterocycles. The van der Waals surface area contributed by atoms with Gasteiger partial charge in [-0.1, -0.05) is 28.1 Å². The van der Waals surface area contributed by atoms with Gasteiger partial charge in [0.2, 0.25) is 5.75 Å². The Morgan fingerprint density at radius 2 is 1.64 bits per heavy atom. The number of hydrogen-bond acceptors (Lipinski definition) is 4. The fourth-order valence-electron chi connectivity index (χ4n) is 2.80. The summed E-state index contributed by atoms with van der Waals surface area (Å²) in [6, 6.07) is 12.1. The number of hydrogen-bond donors (Lipinski definition) is 1. The number of halogens is 2. The van der Waals surface area contributed by atoms with Crippen molar-refractivity contribution in [3.05, 3.63) is 52.0 Å². The van der Waals surface area contributed by atoms with Gasteiger partial charge >= 0.3 is 0 Å². The normalized spacial score (nSPS) is 10.7. The standard InChI is InChI=1S/C20H26BrN3O3.HI/c1-22-20(24(2)13-14-6-9-16(21)10-7-14)23-12-15-8-11-17(25-3)19(27-5)18(15)26-4;/h6-11H,12-13H2,1-5H3,(H,22,23);1H. The maximum absolute atomic E-state index is 5.54. The van der Waals surface area contributed by atoms with E-state index in [1.54, 1.807) is 28.4 Å². The van der Waals surface area contributed by atoms with Crippen LogP contribution in [-0.4, -0.2) is 46.3 Å². The molecule has 0 saturated carbocycles. The molecule has 0 fully saturated rings. The highest BCUT2D eigenvalue weighted by molar-refractivity contribution is 14.0. The minimum absolute atomic E-state index is 0. The van der Waals surface area contributed by atoms with Crippen molar-refractivity contribution in [1.82, 2.24) is 10.2 Å². The van der Waals surface area contributed by atoms with Gasteiger partial charge < -0.3 is 24.4 Å². The lowest BCUT2D eigenvalue weighted by Gasteiger charge is -2.23. The zero-order valence-electron chi connectivity index (χ0n) is 16.8. The van der Waals surface area contributed by atoms with Crippen molar-refractivity contribution in [2.45, 2.75) is 13.1 Å². The topological polar surface area (TPSA) is 55.3 Å². The van der Waals surface area contributed by atoms with Gasteiger partial charge in [-0.25, -0.2) is 0 Å².